The first-order valence-electron chi connectivity index (χ1n) is 0. The fraction of sp³-hybridized carbons (Fsp3) is 0. The van der Waals surface area contributed by atoms with Gasteiger partial charge >= 0.3 is 0 Å². The number of hydrogen-bond donors (Lipinski definition) is 0. The molecule has 0 radical (unpaired) electrons. The van der Waals surface area contributed by atoms with Crippen molar-refractivity contribution in [2.75, 3.05) is 0 Å². The molecule has 0 spiro atoms. The SMILES string of the molecule is [Fe].[Fe].[Fe].[Fe].[Fe].[Fe].[Fe].[Mo].[Mo].[Mo].[Mo].[Mo].[Mo]. The third kappa shape index (κ3) is 103. The molecule has 0 aliphatic carbocycles. The molecule has 0 unspecified atom stereocenters. The van der Waals surface area contributed by atoms with E-state index in [1.54, 1.807) is 0 Å². The molecule has 0 rings (SSSR count). The Balaban J connectivity index is 0. The molecular weight excluding hydrogens is 967 g/mol. The van der Waals surface area contributed by atoms with Gasteiger partial charge < -0.3 is 0 Å². The Labute approximate surface area is 240 Å². The van der Waals surface area contributed by atoms with Crippen molar-refractivity contribution in [2.45, 2.75) is 0 Å². The second kappa shape index (κ2) is 115. The molecule has 13 heteroatoms. The molecule has 0 aliphatic heterocycles. The van der Waals surface area contributed by atoms with Crippen LogP contribution in [0.15, 0.2) is 0 Å². The minimum Gasteiger partial charge on any atom is 0 e. The number of hydrogen-bond acceptors (Lipinski definition) is 0. The van der Waals surface area contributed by atoms with Gasteiger partial charge in [-0.1, -0.05) is 0 Å². The van der Waals surface area contributed by atoms with Gasteiger partial charge in [0.2, 0.25) is 0 Å². The molecule has 0 saturated carbocycles. The number of rotatable bonds is 0. The molecule has 0 aliphatic rings. The van der Waals surface area contributed by atoms with Gasteiger partial charge in [0, 0.05) is 246 Å². The predicted octanol–water partition coefficient (Wildman–Crippen LogP) is -0.0325. The molecule has 0 N–H and O–H groups in total. The van der Waals surface area contributed by atoms with Crippen LogP contribution in [-0.4, -0.2) is 0 Å². The van der Waals surface area contributed by atoms with E-state index in [0.717, 1.165) is 0 Å². The van der Waals surface area contributed by atoms with Crippen LogP contribution in [0.1, 0.15) is 0 Å². The largest absolute Gasteiger partial charge is 0 e. The zero-order chi connectivity index (χ0) is 0. The van der Waals surface area contributed by atoms with Gasteiger partial charge in [-0.05, 0) is 0 Å². The summed E-state index contributed by atoms with van der Waals surface area (Å²) in [6, 6.07) is 0. The third-order valence-corrected chi connectivity index (χ3v) is 0. The average molecular weight is 967 g/mol. The van der Waals surface area contributed by atoms with Crippen molar-refractivity contribution >= 4 is 0 Å². The summed E-state index contributed by atoms with van der Waals surface area (Å²) in [6.45, 7) is 0. The van der Waals surface area contributed by atoms with E-state index in [1.165, 1.54) is 0 Å². The van der Waals surface area contributed by atoms with Gasteiger partial charge in [-0.25, -0.2) is 0 Å². The fourth-order valence-electron chi connectivity index (χ4n) is 0. The van der Waals surface area contributed by atoms with Crippen LogP contribution < -0.4 is 0 Å². The topological polar surface area (TPSA) is 0 Å². The fourth-order valence-corrected chi connectivity index (χ4v) is 0. The van der Waals surface area contributed by atoms with E-state index in [-0.39, 0.29) is 246 Å². The van der Waals surface area contributed by atoms with E-state index in [2.05, 4.69) is 0 Å². The second-order valence-electron chi connectivity index (χ2n) is 0. The second-order valence-corrected chi connectivity index (χ2v) is 0. The van der Waals surface area contributed by atoms with E-state index in [9.17, 15) is 0 Å². The molecule has 92 valence electrons. The Hall–Kier alpha value is 7.77. The summed E-state index contributed by atoms with van der Waals surface area (Å²) in [5, 5.41) is 0. The minimum atomic E-state index is 0. The Kier molecular flexibility index (Phi) is 1190. The van der Waals surface area contributed by atoms with E-state index in [0.29, 0.717) is 0 Å². The van der Waals surface area contributed by atoms with Gasteiger partial charge in [0.25, 0.3) is 0 Å². The van der Waals surface area contributed by atoms with Gasteiger partial charge in [-0.2, -0.15) is 0 Å². The zero-order valence-corrected chi connectivity index (χ0v) is 24.7. The quantitative estimate of drug-likeness (QED) is 0.300. The predicted molar refractivity (Wildman–Crippen MR) is 0 cm³/mol. The molecule has 0 amide bonds. The molecule has 0 bridgehead atoms. The van der Waals surface area contributed by atoms with Crippen molar-refractivity contribution in [1.29, 1.82) is 0 Å². The smallest absolute Gasteiger partial charge is 0 e. The van der Waals surface area contributed by atoms with Crippen molar-refractivity contribution in [3.63, 3.8) is 0 Å². The van der Waals surface area contributed by atoms with Crippen molar-refractivity contribution in [2.24, 2.45) is 0 Å². The van der Waals surface area contributed by atoms with Crippen LogP contribution >= 0.6 is 0 Å². The van der Waals surface area contributed by atoms with Crippen molar-refractivity contribution < 1.29 is 246 Å². The third-order valence-electron chi connectivity index (χ3n) is 0. The molecular formula is Fe7Mo6. The van der Waals surface area contributed by atoms with Crippen LogP contribution in [0.25, 0.3) is 0 Å². The maximum Gasteiger partial charge on any atom is 0 e. The van der Waals surface area contributed by atoms with E-state index in [4.69, 9.17) is 0 Å². The van der Waals surface area contributed by atoms with E-state index < -0.39 is 0 Å². The van der Waals surface area contributed by atoms with Gasteiger partial charge in [-0.15, -0.1) is 0 Å². The van der Waals surface area contributed by atoms with Crippen molar-refractivity contribution in [1.82, 2.24) is 0 Å². The summed E-state index contributed by atoms with van der Waals surface area (Å²) >= 11 is 0. The summed E-state index contributed by atoms with van der Waals surface area (Å²) in [4.78, 5) is 0. The van der Waals surface area contributed by atoms with Gasteiger partial charge in [0.05, 0.1) is 0 Å². The van der Waals surface area contributed by atoms with Crippen LogP contribution in [-0.2, 0) is 246 Å². The summed E-state index contributed by atoms with van der Waals surface area (Å²) < 4.78 is 0. The normalized spacial score (nSPS) is 0. The summed E-state index contributed by atoms with van der Waals surface area (Å²) in [5.41, 5.74) is 0. The maximum absolute atomic E-state index is 0. The Morgan fingerprint density at radius 3 is 0.154 bits per heavy atom. The van der Waals surface area contributed by atoms with Crippen LogP contribution in [0, 0.1) is 0 Å². The standard InChI is InChI=1S/7Fe.6Mo. The summed E-state index contributed by atoms with van der Waals surface area (Å²) in [5.74, 6) is 0. The van der Waals surface area contributed by atoms with Crippen molar-refractivity contribution in [3.8, 4) is 0 Å². The summed E-state index contributed by atoms with van der Waals surface area (Å²) in [7, 11) is 0. The molecule has 0 saturated heterocycles. The van der Waals surface area contributed by atoms with Gasteiger partial charge in [0.15, 0.2) is 0 Å². The monoisotopic (exact) mass is 979 g/mol. The maximum atomic E-state index is 0. The molecule has 0 aromatic carbocycles. The van der Waals surface area contributed by atoms with Crippen LogP contribution in [0.4, 0.5) is 0 Å². The van der Waals surface area contributed by atoms with Crippen molar-refractivity contribution in [3.05, 3.63) is 0 Å². The van der Waals surface area contributed by atoms with Gasteiger partial charge in [-0.3, -0.25) is 0 Å². The molecule has 0 aromatic heterocycles. The van der Waals surface area contributed by atoms with Crippen LogP contribution in [0.5, 0.6) is 0 Å². The molecule has 0 aromatic rings. The zero-order valence-electron chi connectivity index (χ0n) is 4.92. The molecule has 0 nitrogen and oxygen atoms in total. The van der Waals surface area contributed by atoms with Crippen LogP contribution in [0.2, 0.25) is 0 Å². The molecule has 13 heavy (non-hydrogen) atoms. The first-order chi connectivity index (χ1) is 0. The Morgan fingerprint density at radius 2 is 0.154 bits per heavy atom. The molecule has 0 atom stereocenters. The van der Waals surface area contributed by atoms with Crippen LogP contribution in [0.3, 0.4) is 0 Å². The Morgan fingerprint density at radius 1 is 0.154 bits per heavy atom. The Bertz CT molecular complexity index is 12.9. The molecule has 0 fully saturated rings. The average Bonchev–Trinajstić information content (AvgIpc) is 0. The minimum absolute atomic E-state index is 0. The van der Waals surface area contributed by atoms with E-state index >= 15 is 0 Å². The first kappa shape index (κ1) is 135. The first-order valence-corrected chi connectivity index (χ1v) is 0. The van der Waals surface area contributed by atoms with E-state index in [1.807, 2.05) is 0 Å². The summed E-state index contributed by atoms with van der Waals surface area (Å²) in [6.07, 6.45) is 0. The molecule has 0 heterocycles. The van der Waals surface area contributed by atoms with Gasteiger partial charge in [0.1, 0.15) is 0 Å².